The summed E-state index contributed by atoms with van der Waals surface area (Å²) in [4.78, 5) is 11.7. The largest absolute Gasteiger partial charge is 0.479 e. The van der Waals surface area contributed by atoms with Crippen molar-refractivity contribution in [2.75, 3.05) is 6.61 Å². The molecule has 19 heavy (non-hydrogen) atoms. The zero-order valence-electron chi connectivity index (χ0n) is 10.9. The third-order valence-electron chi connectivity index (χ3n) is 4.68. The van der Waals surface area contributed by atoms with Crippen molar-refractivity contribution >= 4 is 5.97 Å². The van der Waals surface area contributed by atoms with Crippen molar-refractivity contribution in [2.24, 2.45) is 0 Å². The van der Waals surface area contributed by atoms with E-state index in [2.05, 4.69) is 10.3 Å². The Hall–Kier alpha value is -1.43. The van der Waals surface area contributed by atoms with E-state index >= 15 is 0 Å². The Kier molecular flexibility index (Phi) is 3.05. The minimum absolute atomic E-state index is 0.0855. The van der Waals surface area contributed by atoms with Crippen LogP contribution in [0.5, 0.6) is 0 Å². The van der Waals surface area contributed by atoms with Crippen LogP contribution in [0, 0.1) is 0 Å². The van der Waals surface area contributed by atoms with Crippen molar-refractivity contribution < 1.29 is 14.6 Å². The molecule has 6 nitrogen and oxygen atoms in total. The average Bonchev–Trinajstić information content (AvgIpc) is 2.95. The molecule has 2 aliphatic rings. The minimum Gasteiger partial charge on any atom is -0.479 e. The van der Waals surface area contributed by atoms with Gasteiger partial charge in [0.2, 0.25) is 0 Å². The number of carbonyl (C=O) groups is 1. The first-order valence-corrected chi connectivity index (χ1v) is 6.91. The molecule has 104 valence electrons. The highest BCUT2D eigenvalue weighted by atomic mass is 16.5. The van der Waals surface area contributed by atoms with E-state index in [4.69, 9.17) is 4.74 Å². The molecule has 0 unspecified atom stereocenters. The summed E-state index contributed by atoms with van der Waals surface area (Å²) in [7, 11) is 0. The predicted molar refractivity (Wildman–Crippen MR) is 66.6 cm³/mol. The summed E-state index contributed by atoms with van der Waals surface area (Å²) >= 11 is 0. The van der Waals surface area contributed by atoms with Gasteiger partial charge >= 0.3 is 5.97 Å². The average molecular weight is 265 g/mol. The topological polar surface area (TPSA) is 77.2 Å². The lowest BCUT2D eigenvalue weighted by Crippen LogP contribution is -2.51. The summed E-state index contributed by atoms with van der Waals surface area (Å²) in [6, 6.07) is 0. The highest BCUT2D eigenvalue weighted by Crippen LogP contribution is 2.45. The summed E-state index contributed by atoms with van der Waals surface area (Å²) < 4.78 is 7.46. The van der Waals surface area contributed by atoms with Gasteiger partial charge in [-0.05, 0) is 44.9 Å². The van der Waals surface area contributed by atoms with Gasteiger partial charge in [-0.1, -0.05) is 5.21 Å². The van der Waals surface area contributed by atoms with E-state index in [-0.39, 0.29) is 5.60 Å². The van der Waals surface area contributed by atoms with E-state index in [1.165, 1.54) is 17.3 Å². The first-order valence-electron chi connectivity index (χ1n) is 6.91. The molecule has 2 fully saturated rings. The maximum absolute atomic E-state index is 11.7. The number of aromatic nitrogens is 3. The molecular weight excluding hydrogens is 246 g/mol. The van der Waals surface area contributed by atoms with Gasteiger partial charge in [0.15, 0.2) is 5.54 Å². The number of carboxylic acids is 1. The Labute approximate surface area is 111 Å². The number of carboxylic acid groups (broad SMARTS) is 1. The molecule has 0 radical (unpaired) electrons. The Morgan fingerprint density at radius 2 is 2.00 bits per heavy atom. The van der Waals surface area contributed by atoms with Crippen LogP contribution in [0.25, 0.3) is 0 Å². The summed E-state index contributed by atoms with van der Waals surface area (Å²) in [5.74, 6) is -0.816. The highest BCUT2D eigenvalue weighted by molar-refractivity contribution is 5.76. The normalized spacial score (nSPS) is 35.4. The van der Waals surface area contributed by atoms with Crippen LogP contribution in [0.4, 0.5) is 0 Å². The standard InChI is InChI=1S/C13H19N3O3/c17-11(18)13(16-9-8-14-15-16)6-4-12(5-7-13)3-1-2-10-19-12/h8-9H,1-7,10H2,(H,17,18). The second-order valence-electron chi connectivity index (χ2n) is 5.67. The zero-order valence-corrected chi connectivity index (χ0v) is 10.9. The molecule has 1 aliphatic carbocycles. The summed E-state index contributed by atoms with van der Waals surface area (Å²) in [5, 5.41) is 17.3. The molecule has 6 heteroatoms. The van der Waals surface area contributed by atoms with E-state index in [9.17, 15) is 9.90 Å². The smallest absolute Gasteiger partial charge is 0.331 e. The predicted octanol–water partition coefficient (Wildman–Crippen LogP) is 1.57. The van der Waals surface area contributed by atoms with Gasteiger partial charge in [0.1, 0.15) is 0 Å². The quantitative estimate of drug-likeness (QED) is 0.878. The van der Waals surface area contributed by atoms with Crippen LogP contribution in [-0.4, -0.2) is 38.3 Å². The van der Waals surface area contributed by atoms with Crippen molar-refractivity contribution in [2.45, 2.75) is 56.1 Å². The summed E-state index contributed by atoms with van der Waals surface area (Å²) in [6.45, 7) is 0.809. The van der Waals surface area contributed by atoms with Gasteiger partial charge in [0.25, 0.3) is 0 Å². The van der Waals surface area contributed by atoms with Gasteiger partial charge in [-0.15, -0.1) is 5.10 Å². The molecule has 1 saturated heterocycles. The molecule has 3 rings (SSSR count). The Morgan fingerprint density at radius 3 is 2.53 bits per heavy atom. The van der Waals surface area contributed by atoms with Gasteiger partial charge in [0.05, 0.1) is 11.8 Å². The maximum atomic E-state index is 11.7. The van der Waals surface area contributed by atoms with E-state index in [0.29, 0.717) is 12.8 Å². The van der Waals surface area contributed by atoms with Crippen LogP contribution >= 0.6 is 0 Å². The van der Waals surface area contributed by atoms with Gasteiger partial charge < -0.3 is 9.84 Å². The number of nitrogens with zero attached hydrogens (tertiary/aromatic N) is 3. The minimum atomic E-state index is -0.942. The molecule has 0 atom stereocenters. The monoisotopic (exact) mass is 265 g/mol. The van der Waals surface area contributed by atoms with Crippen LogP contribution in [0.15, 0.2) is 12.4 Å². The van der Waals surface area contributed by atoms with Gasteiger partial charge in [-0.3, -0.25) is 0 Å². The SMILES string of the molecule is O=C(O)C1(n2ccnn2)CCC2(CCCCO2)CC1. The fourth-order valence-electron chi connectivity index (χ4n) is 3.40. The van der Waals surface area contributed by atoms with Gasteiger partial charge in [-0.2, -0.15) is 0 Å². The second kappa shape index (κ2) is 4.59. The molecule has 1 aromatic rings. The van der Waals surface area contributed by atoms with Crippen molar-refractivity contribution in [3.63, 3.8) is 0 Å². The van der Waals surface area contributed by atoms with E-state index < -0.39 is 11.5 Å². The Balaban J connectivity index is 1.81. The molecule has 1 aromatic heterocycles. The third-order valence-corrected chi connectivity index (χ3v) is 4.68. The Bertz CT molecular complexity index is 442. The van der Waals surface area contributed by atoms with Crippen molar-refractivity contribution in [3.05, 3.63) is 12.4 Å². The number of aliphatic carboxylic acids is 1. The van der Waals surface area contributed by atoms with Crippen molar-refractivity contribution in [1.82, 2.24) is 15.0 Å². The zero-order chi connectivity index (χ0) is 13.3. The van der Waals surface area contributed by atoms with Crippen LogP contribution < -0.4 is 0 Å². The summed E-state index contributed by atoms with van der Waals surface area (Å²) in [6.07, 6.45) is 9.24. The fourth-order valence-corrected chi connectivity index (χ4v) is 3.40. The number of ether oxygens (including phenoxy) is 1. The van der Waals surface area contributed by atoms with Crippen molar-refractivity contribution in [3.8, 4) is 0 Å². The van der Waals surface area contributed by atoms with Gasteiger partial charge in [-0.25, -0.2) is 9.48 Å². The third kappa shape index (κ3) is 2.04. The molecule has 0 bridgehead atoms. The molecule has 0 amide bonds. The Morgan fingerprint density at radius 1 is 1.21 bits per heavy atom. The molecule has 1 saturated carbocycles. The first-order chi connectivity index (χ1) is 9.17. The van der Waals surface area contributed by atoms with E-state index in [1.807, 2.05) is 0 Å². The van der Waals surface area contributed by atoms with Crippen LogP contribution in [0.2, 0.25) is 0 Å². The van der Waals surface area contributed by atoms with Crippen LogP contribution in [-0.2, 0) is 15.1 Å². The molecule has 0 aromatic carbocycles. The molecule has 1 N–H and O–H groups in total. The molecule has 1 spiro atoms. The molecule has 2 heterocycles. The highest BCUT2D eigenvalue weighted by Gasteiger charge is 2.50. The lowest BCUT2D eigenvalue weighted by Gasteiger charge is -2.45. The van der Waals surface area contributed by atoms with Gasteiger partial charge in [0, 0.05) is 12.8 Å². The molecule has 1 aliphatic heterocycles. The van der Waals surface area contributed by atoms with Crippen LogP contribution in [0.3, 0.4) is 0 Å². The number of hydrogen-bond donors (Lipinski definition) is 1. The number of rotatable bonds is 2. The first kappa shape index (κ1) is 12.6. The van der Waals surface area contributed by atoms with Crippen LogP contribution in [0.1, 0.15) is 44.9 Å². The van der Waals surface area contributed by atoms with Crippen molar-refractivity contribution in [1.29, 1.82) is 0 Å². The fraction of sp³-hybridized carbons (Fsp3) is 0.769. The second-order valence-corrected chi connectivity index (χ2v) is 5.67. The molecular formula is C13H19N3O3. The van der Waals surface area contributed by atoms with E-state index in [0.717, 1.165) is 32.3 Å². The maximum Gasteiger partial charge on any atom is 0.331 e. The van der Waals surface area contributed by atoms with E-state index in [1.54, 1.807) is 6.20 Å². The lowest BCUT2D eigenvalue weighted by atomic mass is 9.71. The summed E-state index contributed by atoms with van der Waals surface area (Å²) in [5.41, 5.74) is -1.03. The number of hydrogen-bond acceptors (Lipinski definition) is 4. The lowest BCUT2D eigenvalue weighted by molar-refractivity contribution is -0.159.